The summed E-state index contributed by atoms with van der Waals surface area (Å²) in [6.45, 7) is 1.88. The normalized spacial score (nSPS) is 9.79. The average molecular weight is 358 g/mol. The van der Waals surface area contributed by atoms with Crippen molar-refractivity contribution in [1.29, 1.82) is 0 Å². The van der Waals surface area contributed by atoms with Crippen LogP contribution in [0.1, 0.15) is 11.1 Å². The van der Waals surface area contributed by atoms with E-state index in [1.54, 1.807) is 24.5 Å². The second-order valence-electron chi connectivity index (χ2n) is 3.49. The molecule has 0 aliphatic heterocycles. The lowest BCUT2D eigenvalue weighted by Crippen LogP contribution is -1.82. The first kappa shape index (κ1) is 16.8. The molecule has 0 fully saturated rings. The van der Waals surface area contributed by atoms with Gasteiger partial charge in [-0.3, -0.25) is 0 Å². The van der Waals surface area contributed by atoms with E-state index in [9.17, 15) is 0 Å². The third-order valence-electron chi connectivity index (χ3n) is 2.04. The number of aromatic nitrogens is 2. The van der Waals surface area contributed by atoms with Crippen molar-refractivity contribution >= 4 is 58.0 Å². The predicted molar refractivity (Wildman–Crippen MR) is 82.8 cm³/mol. The van der Waals surface area contributed by atoms with Crippen LogP contribution in [0.2, 0.25) is 20.4 Å². The molecule has 2 aromatic rings. The van der Waals surface area contributed by atoms with Crippen molar-refractivity contribution in [2.75, 3.05) is 0 Å². The fraction of sp³-hybridized carbons (Fsp3) is 0.167. The standard InChI is InChI=1S/C6H4Cl3N.C6H5Cl2N/c7-2-4-3-10-6(9)1-5(4)8;1-4-3-9-6(8)2-5(4)7/h1,3H,2H2;2-3H,1H3. The van der Waals surface area contributed by atoms with Crippen LogP contribution in [-0.4, -0.2) is 9.97 Å². The van der Waals surface area contributed by atoms with Gasteiger partial charge in [-0.15, -0.1) is 11.6 Å². The van der Waals surface area contributed by atoms with Crippen molar-refractivity contribution < 1.29 is 0 Å². The molecule has 0 unspecified atom stereocenters. The molecule has 102 valence electrons. The van der Waals surface area contributed by atoms with Crippen LogP contribution in [0.3, 0.4) is 0 Å². The lowest BCUT2D eigenvalue weighted by molar-refractivity contribution is 1.25. The van der Waals surface area contributed by atoms with Gasteiger partial charge in [-0.05, 0) is 24.6 Å². The molecule has 0 radical (unpaired) electrons. The third kappa shape index (κ3) is 5.72. The van der Waals surface area contributed by atoms with Crippen LogP contribution in [0.5, 0.6) is 0 Å². The van der Waals surface area contributed by atoms with Crippen molar-refractivity contribution in [2.24, 2.45) is 0 Å². The zero-order valence-corrected chi connectivity index (χ0v) is 13.6. The minimum absolute atomic E-state index is 0.364. The summed E-state index contributed by atoms with van der Waals surface area (Å²) in [5, 5.41) is 2.05. The summed E-state index contributed by atoms with van der Waals surface area (Å²) in [7, 11) is 0. The Labute approximate surface area is 136 Å². The summed E-state index contributed by atoms with van der Waals surface area (Å²) in [6.07, 6.45) is 3.21. The first-order valence-electron chi connectivity index (χ1n) is 5.07. The zero-order chi connectivity index (χ0) is 14.4. The number of hydrogen-bond donors (Lipinski definition) is 0. The van der Waals surface area contributed by atoms with E-state index in [4.69, 9.17) is 58.0 Å². The Hall–Kier alpha value is -0.250. The van der Waals surface area contributed by atoms with Crippen molar-refractivity contribution in [3.8, 4) is 0 Å². The van der Waals surface area contributed by atoms with Crippen LogP contribution in [0.25, 0.3) is 0 Å². The first-order chi connectivity index (χ1) is 8.93. The molecule has 0 saturated heterocycles. The van der Waals surface area contributed by atoms with Crippen LogP contribution >= 0.6 is 58.0 Å². The van der Waals surface area contributed by atoms with E-state index in [1.807, 2.05) is 6.92 Å². The smallest absolute Gasteiger partial charge is 0.130 e. The molecular formula is C12H9Cl5N2. The summed E-state index contributed by atoms with van der Waals surface area (Å²) >= 11 is 28.0. The van der Waals surface area contributed by atoms with Gasteiger partial charge in [0.2, 0.25) is 0 Å². The summed E-state index contributed by atoms with van der Waals surface area (Å²) < 4.78 is 0. The second-order valence-corrected chi connectivity index (χ2v) is 5.34. The first-order valence-corrected chi connectivity index (χ1v) is 7.12. The molecule has 0 saturated carbocycles. The van der Waals surface area contributed by atoms with Crippen molar-refractivity contribution in [3.05, 3.63) is 56.0 Å². The highest BCUT2D eigenvalue weighted by Gasteiger charge is 1.99. The summed E-state index contributed by atoms with van der Waals surface area (Å²) in [6, 6.07) is 3.19. The van der Waals surface area contributed by atoms with Crippen LogP contribution in [0.4, 0.5) is 0 Å². The van der Waals surface area contributed by atoms with Gasteiger partial charge in [-0.2, -0.15) is 0 Å². The van der Waals surface area contributed by atoms with E-state index in [1.165, 1.54) is 0 Å². The minimum Gasteiger partial charge on any atom is -0.244 e. The van der Waals surface area contributed by atoms with E-state index >= 15 is 0 Å². The zero-order valence-electron chi connectivity index (χ0n) is 9.80. The monoisotopic (exact) mass is 356 g/mol. The van der Waals surface area contributed by atoms with Gasteiger partial charge < -0.3 is 0 Å². The Kier molecular flexibility index (Phi) is 7.19. The molecule has 0 aliphatic rings. The van der Waals surface area contributed by atoms with Gasteiger partial charge in [0.05, 0.1) is 5.88 Å². The molecule has 0 atom stereocenters. The number of nitrogens with zero attached hydrogens (tertiary/aromatic N) is 2. The Morgan fingerprint density at radius 1 is 0.895 bits per heavy atom. The second kappa shape index (κ2) is 8.13. The van der Waals surface area contributed by atoms with Crippen molar-refractivity contribution in [3.63, 3.8) is 0 Å². The molecule has 0 aliphatic carbocycles. The molecule has 0 N–H and O–H groups in total. The van der Waals surface area contributed by atoms with E-state index in [-0.39, 0.29) is 0 Å². The summed E-state index contributed by atoms with van der Waals surface area (Å²) in [4.78, 5) is 7.63. The molecule has 0 spiro atoms. The fourth-order valence-corrected chi connectivity index (χ4v) is 2.09. The predicted octanol–water partition coefficient (Wildman–Crippen LogP) is 5.82. The maximum Gasteiger partial charge on any atom is 0.130 e. The highest BCUT2D eigenvalue weighted by Crippen LogP contribution is 2.19. The molecule has 7 heteroatoms. The third-order valence-corrected chi connectivity index (χ3v) is 3.50. The van der Waals surface area contributed by atoms with Crippen molar-refractivity contribution in [1.82, 2.24) is 9.97 Å². The highest BCUT2D eigenvalue weighted by atomic mass is 35.5. The van der Waals surface area contributed by atoms with Crippen LogP contribution in [0, 0.1) is 6.92 Å². The molecule has 2 nitrogen and oxygen atoms in total. The minimum atomic E-state index is 0.364. The van der Waals surface area contributed by atoms with E-state index in [0.29, 0.717) is 26.2 Å². The van der Waals surface area contributed by atoms with Gasteiger partial charge in [0, 0.05) is 28.0 Å². The van der Waals surface area contributed by atoms with Crippen LogP contribution < -0.4 is 0 Å². The van der Waals surface area contributed by atoms with Gasteiger partial charge in [-0.1, -0.05) is 46.4 Å². The molecule has 0 bridgehead atoms. The number of aryl methyl sites for hydroxylation is 1. The number of hydrogen-bond acceptors (Lipinski definition) is 2. The SMILES string of the molecule is Cc1cnc(Cl)cc1Cl.ClCc1cnc(Cl)cc1Cl. The molecule has 2 rings (SSSR count). The van der Waals surface area contributed by atoms with Gasteiger partial charge in [-0.25, -0.2) is 9.97 Å². The summed E-state index contributed by atoms with van der Waals surface area (Å²) in [5.41, 5.74) is 1.74. The fourth-order valence-electron chi connectivity index (χ4n) is 1.01. The maximum atomic E-state index is 5.72. The lowest BCUT2D eigenvalue weighted by atomic mass is 10.3. The Balaban J connectivity index is 0.000000191. The number of halogens is 5. The molecule has 0 amide bonds. The van der Waals surface area contributed by atoms with Gasteiger partial charge >= 0.3 is 0 Å². The summed E-state index contributed by atoms with van der Waals surface area (Å²) in [5.74, 6) is 0.364. The molecule has 19 heavy (non-hydrogen) atoms. The Morgan fingerprint density at radius 3 is 1.84 bits per heavy atom. The van der Waals surface area contributed by atoms with Gasteiger partial charge in [0.15, 0.2) is 0 Å². The number of alkyl halides is 1. The number of rotatable bonds is 1. The van der Waals surface area contributed by atoms with Crippen molar-refractivity contribution in [2.45, 2.75) is 12.8 Å². The molecule has 2 heterocycles. The molecule has 2 aromatic heterocycles. The Bertz CT molecular complexity index is 560. The average Bonchev–Trinajstić information content (AvgIpc) is 2.35. The van der Waals surface area contributed by atoms with Gasteiger partial charge in [0.25, 0.3) is 0 Å². The van der Waals surface area contributed by atoms with E-state index < -0.39 is 0 Å². The van der Waals surface area contributed by atoms with Gasteiger partial charge in [0.1, 0.15) is 10.3 Å². The largest absolute Gasteiger partial charge is 0.244 e. The molecular weight excluding hydrogens is 349 g/mol. The number of pyridine rings is 2. The lowest BCUT2D eigenvalue weighted by Gasteiger charge is -1.96. The van der Waals surface area contributed by atoms with Crippen LogP contribution in [-0.2, 0) is 5.88 Å². The maximum absolute atomic E-state index is 5.72. The Morgan fingerprint density at radius 2 is 1.42 bits per heavy atom. The topological polar surface area (TPSA) is 25.8 Å². The van der Waals surface area contributed by atoms with E-state index in [0.717, 1.165) is 11.1 Å². The highest BCUT2D eigenvalue weighted by molar-refractivity contribution is 6.35. The quantitative estimate of drug-likeness (QED) is 0.474. The van der Waals surface area contributed by atoms with E-state index in [2.05, 4.69) is 9.97 Å². The van der Waals surface area contributed by atoms with Crippen LogP contribution in [0.15, 0.2) is 24.5 Å². The molecule has 0 aromatic carbocycles.